The highest BCUT2D eigenvalue weighted by molar-refractivity contribution is 7.80. The molecule has 0 aromatic heterocycles. The van der Waals surface area contributed by atoms with Crippen LogP contribution in [0.5, 0.6) is 5.75 Å². The van der Waals surface area contributed by atoms with Crippen LogP contribution in [0.2, 0.25) is 0 Å². The van der Waals surface area contributed by atoms with Gasteiger partial charge in [0.1, 0.15) is 5.75 Å². The molecule has 2 aliphatic rings. The first-order valence-electron chi connectivity index (χ1n) is 7.58. The van der Waals surface area contributed by atoms with Gasteiger partial charge >= 0.3 is 0 Å². The van der Waals surface area contributed by atoms with E-state index in [2.05, 4.69) is 28.0 Å². The summed E-state index contributed by atoms with van der Waals surface area (Å²) in [5.41, 5.74) is 4.97. The molecule has 1 aromatic rings. The lowest BCUT2D eigenvalue weighted by atomic mass is 10.0. The van der Waals surface area contributed by atoms with Gasteiger partial charge < -0.3 is 10.1 Å². The molecule has 1 saturated carbocycles. The number of methoxy groups -OCH3 is 1. The molecule has 0 heterocycles. The third-order valence-electron chi connectivity index (χ3n) is 4.41. The second kappa shape index (κ2) is 6.48. The van der Waals surface area contributed by atoms with Crippen LogP contribution in [-0.4, -0.2) is 24.5 Å². The average Bonchev–Trinajstić information content (AvgIpc) is 3.11. The van der Waals surface area contributed by atoms with E-state index in [0.29, 0.717) is 17.1 Å². The van der Waals surface area contributed by atoms with Gasteiger partial charge in [-0.25, -0.2) is 0 Å². The number of nitrogens with zero attached hydrogens (tertiary/aromatic N) is 1. The van der Waals surface area contributed by atoms with E-state index < -0.39 is 0 Å². The molecule has 0 unspecified atom stereocenters. The molecule has 4 nitrogen and oxygen atoms in total. The van der Waals surface area contributed by atoms with E-state index in [1.165, 1.54) is 12.8 Å². The maximum Gasteiger partial charge on any atom is 0.187 e. The van der Waals surface area contributed by atoms with Crippen LogP contribution in [0.25, 0.3) is 0 Å². The first-order valence-corrected chi connectivity index (χ1v) is 7.99. The average molecular weight is 315 g/mol. The van der Waals surface area contributed by atoms with Gasteiger partial charge in [-0.15, -0.1) is 0 Å². The highest BCUT2D eigenvalue weighted by atomic mass is 32.1. The molecule has 2 N–H and O–H groups in total. The minimum atomic E-state index is 0.449. The Morgan fingerprint density at radius 3 is 2.91 bits per heavy atom. The normalized spacial score (nSPS) is 25.6. The van der Waals surface area contributed by atoms with Gasteiger partial charge in [-0.05, 0) is 61.0 Å². The van der Waals surface area contributed by atoms with Crippen molar-refractivity contribution < 1.29 is 4.74 Å². The number of rotatable bonds is 4. The Morgan fingerprint density at radius 2 is 2.23 bits per heavy atom. The monoisotopic (exact) mass is 315 g/mol. The number of hydrogen-bond acceptors (Lipinski definition) is 3. The van der Waals surface area contributed by atoms with Crippen molar-refractivity contribution >= 4 is 23.5 Å². The lowest BCUT2D eigenvalue weighted by Gasteiger charge is -2.20. The number of benzene rings is 1. The van der Waals surface area contributed by atoms with Crippen LogP contribution in [0, 0.1) is 18.8 Å². The summed E-state index contributed by atoms with van der Waals surface area (Å²) in [4.78, 5) is 0. The van der Waals surface area contributed by atoms with E-state index in [-0.39, 0.29) is 0 Å². The molecule has 5 heteroatoms. The molecule has 3 atom stereocenters. The maximum absolute atomic E-state index is 5.31. The van der Waals surface area contributed by atoms with Crippen LogP contribution in [0.4, 0.5) is 0 Å². The first kappa shape index (κ1) is 15.0. The van der Waals surface area contributed by atoms with E-state index in [4.69, 9.17) is 17.0 Å². The van der Waals surface area contributed by atoms with Gasteiger partial charge in [0.15, 0.2) is 5.11 Å². The van der Waals surface area contributed by atoms with E-state index in [9.17, 15) is 0 Å². The maximum atomic E-state index is 5.31. The molecule has 116 valence electrons. The molecule has 0 aliphatic heterocycles. The highest BCUT2D eigenvalue weighted by Gasteiger charge is 2.35. The molecule has 3 rings (SSSR count). The Morgan fingerprint density at radius 1 is 1.36 bits per heavy atom. The Bertz CT molecular complexity index is 626. The molecule has 22 heavy (non-hydrogen) atoms. The zero-order valence-corrected chi connectivity index (χ0v) is 13.7. The van der Waals surface area contributed by atoms with Crippen molar-refractivity contribution in [2.24, 2.45) is 16.9 Å². The standard InChI is InChI=1S/C17H21N3OS/c1-11-3-4-13(9-16(11)21-2)10-18-20-17(22)19-15-8-12-5-6-14(15)7-12/h3-6,9-10,12,14-15H,7-8H2,1-2H3,(H2,19,20,22)/b18-10-/t12-,14-,15+/m1/s1. The van der Waals surface area contributed by atoms with E-state index in [1.807, 2.05) is 25.1 Å². The molecule has 0 spiro atoms. The predicted octanol–water partition coefficient (Wildman–Crippen LogP) is 2.77. The van der Waals surface area contributed by atoms with Crippen molar-refractivity contribution in [1.82, 2.24) is 10.7 Å². The van der Waals surface area contributed by atoms with Gasteiger partial charge in [0, 0.05) is 6.04 Å². The fourth-order valence-corrected chi connectivity index (χ4v) is 3.43. The number of fused-ring (bicyclic) bond motifs is 2. The van der Waals surface area contributed by atoms with E-state index >= 15 is 0 Å². The van der Waals surface area contributed by atoms with Crippen molar-refractivity contribution in [3.05, 3.63) is 41.5 Å². The zero-order valence-electron chi connectivity index (χ0n) is 12.9. The van der Waals surface area contributed by atoms with Gasteiger partial charge in [0.05, 0.1) is 13.3 Å². The molecule has 2 bridgehead atoms. The van der Waals surface area contributed by atoms with Crippen molar-refractivity contribution in [2.75, 3.05) is 7.11 Å². The summed E-state index contributed by atoms with van der Waals surface area (Å²) in [5, 5.41) is 8.14. The summed E-state index contributed by atoms with van der Waals surface area (Å²) in [6.45, 7) is 2.01. The molecule has 2 aliphatic carbocycles. The lowest BCUT2D eigenvalue weighted by molar-refractivity contribution is 0.411. The first-order chi connectivity index (χ1) is 10.7. The van der Waals surface area contributed by atoms with E-state index in [0.717, 1.165) is 22.8 Å². The van der Waals surface area contributed by atoms with Gasteiger partial charge in [-0.1, -0.05) is 24.3 Å². The topological polar surface area (TPSA) is 45.6 Å². The Kier molecular flexibility index (Phi) is 4.43. The summed E-state index contributed by atoms with van der Waals surface area (Å²) in [7, 11) is 1.67. The minimum Gasteiger partial charge on any atom is -0.496 e. The molecule has 0 amide bonds. The van der Waals surface area contributed by atoms with Crippen LogP contribution in [-0.2, 0) is 0 Å². The molecule has 0 saturated heterocycles. The molecular weight excluding hydrogens is 294 g/mol. The number of hydrogen-bond donors (Lipinski definition) is 2. The van der Waals surface area contributed by atoms with Crippen LogP contribution in [0.15, 0.2) is 35.5 Å². The van der Waals surface area contributed by atoms with Gasteiger partial charge in [0.25, 0.3) is 0 Å². The summed E-state index contributed by atoms with van der Waals surface area (Å²) in [6.07, 6.45) is 8.80. The predicted molar refractivity (Wildman–Crippen MR) is 93.3 cm³/mol. The Labute approximate surface area is 136 Å². The fourth-order valence-electron chi connectivity index (χ4n) is 3.23. The summed E-state index contributed by atoms with van der Waals surface area (Å²) in [5.74, 6) is 2.21. The van der Waals surface area contributed by atoms with Crippen LogP contribution >= 0.6 is 12.2 Å². The number of hydrazone groups is 1. The highest BCUT2D eigenvalue weighted by Crippen LogP contribution is 2.38. The molecule has 1 aromatic carbocycles. The number of allylic oxidation sites excluding steroid dienone is 1. The fraction of sp³-hybridized carbons (Fsp3) is 0.412. The quantitative estimate of drug-likeness (QED) is 0.388. The van der Waals surface area contributed by atoms with Gasteiger partial charge in [-0.3, -0.25) is 5.43 Å². The van der Waals surface area contributed by atoms with E-state index in [1.54, 1.807) is 13.3 Å². The van der Waals surface area contributed by atoms with Crippen molar-refractivity contribution in [3.8, 4) is 5.75 Å². The summed E-state index contributed by atoms with van der Waals surface area (Å²) < 4.78 is 5.30. The number of aryl methyl sites for hydroxylation is 1. The number of thiocarbonyl (C=S) groups is 1. The molecule has 0 radical (unpaired) electrons. The van der Waals surface area contributed by atoms with Crippen molar-refractivity contribution in [3.63, 3.8) is 0 Å². The third kappa shape index (κ3) is 3.30. The molecule has 1 fully saturated rings. The zero-order chi connectivity index (χ0) is 15.5. The number of ether oxygens (including phenoxy) is 1. The van der Waals surface area contributed by atoms with Gasteiger partial charge in [-0.2, -0.15) is 5.10 Å². The van der Waals surface area contributed by atoms with Crippen molar-refractivity contribution in [1.29, 1.82) is 0 Å². The lowest BCUT2D eigenvalue weighted by Crippen LogP contribution is -2.42. The second-order valence-electron chi connectivity index (χ2n) is 5.96. The largest absolute Gasteiger partial charge is 0.496 e. The van der Waals surface area contributed by atoms with Gasteiger partial charge in [0.2, 0.25) is 0 Å². The summed E-state index contributed by atoms with van der Waals surface area (Å²) in [6, 6.07) is 6.42. The summed E-state index contributed by atoms with van der Waals surface area (Å²) >= 11 is 5.31. The Hall–Kier alpha value is -1.88. The van der Waals surface area contributed by atoms with Crippen LogP contribution in [0.1, 0.15) is 24.0 Å². The minimum absolute atomic E-state index is 0.449. The Balaban J connectivity index is 1.51. The third-order valence-corrected chi connectivity index (χ3v) is 4.62. The van der Waals surface area contributed by atoms with Crippen molar-refractivity contribution in [2.45, 2.75) is 25.8 Å². The second-order valence-corrected chi connectivity index (χ2v) is 6.37. The molecular formula is C17H21N3OS. The number of nitrogens with one attached hydrogen (secondary N) is 2. The smallest absolute Gasteiger partial charge is 0.187 e. The van der Waals surface area contributed by atoms with Crippen LogP contribution < -0.4 is 15.5 Å². The van der Waals surface area contributed by atoms with Crippen LogP contribution in [0.3, 0.4) is 0 Å². The SMILES string of the molecule is COc1cc(/C=N\NC(=S)N[C@H]2C[C@@H]3C=C[C@@H]2C3)ccc1C.